The van der Waals surface area contributed by atoms with Gasteiger partial charge in [-0.25, -0.2) is 0 Å². The number of carbonyl (C=O) groups is 1. The third-order valence-electron chi connectivity index (χ3n) is 2.01. The SMILES string of the molecule is C[C@@](N)(CS)C(=O)OCc1ccccc1. The monoisotopic (exact) mass is 225 g/mol. The molecule has 3 nitrogen and oxygen atoms in total. The van der Waals surface area contributed by atoms with Gasteiger partial charge in [-0.2, -0.15) is 12.6 Å². The molecule has 1 rings (SSSR count). The maximum atomic E-state index is 11.5. The van der Waals surface area contributed by atoms with Crippen LogP contribution in [0.3, 0.4) is 0 Å². The Morgan fingerprint density at radius 2 is 2.07 bits per heavy atom. The summed E-state index contributed by atoms with van der Waals surface area (Å²) in [7, 11) is 0. The second-order valence-corrected chi connectivity index (χ2v) is 3.95. The van der Waals surface area contributed by atoms with Crippen LogP contribution in [-0.2, 0) is 16.1 Å². The Balaban J connectivity index is 2.48. The Labute approximate surface area is 95.0 Å². The zero-order valence-corrected chi connectivity index (χ0v) is 9.54. The molecular weight excluding hydrogens is 210 g/mol. The van der Waals surface area contributed by atoms with Crippen molar-refractivity contribution in [3.05, 3.63) is 35.9 Å². The van der Waals surface area contributed by atoms with E-state index in [0.29, 0.717) is 0 Å². The molecule has 0 aromatic heterocycles. The molecule has 0 unspecified atom stereocenters. The number of nitrogens with two attached hydrogens (primary N) is 1. The molecular formula is C11H15NO2S. The van der Waals surface area contributed by atoms with E-state index in [0.717, 1.165) is 5.56 Å². The van der Waals surface area contributed by atoms with Crippen molar-refractivity contribution in [3.63, 3.8) is 0 Å². The number of rotatable bonds is 4. The molecule has 0 heterocycles. The molecule has 0 aliphatic carbocycles. The smallest absolute Gasteiger partial charge is 0.327 e. The quantitative estimate of drug-likeness (QED) is 0.601. The van der Waals surface area contributed by atoms with Gasteiger partial charge in [-0.15, -0.1) is 0 Å². The molecule has 2 N–H and O–H groups in total. The van der Waals surface area contributed by atoms with Gasteiger partial charge >= 0.3 is 5.97 Å². The van der Waals surface area contributed by atoms with Crippen molar-refractivity contribution in [1.29, 1.82) is 0 Å². The van der Waals surface area contributed by atoms with Crippen LogP contribution in [0.4, 0.5) is 0 Å². The third-order valence-corrected chi connectivity index (χ3v) is 2.66. The van der Waals surface area contributed by atoms with E-state index in [4.69, 9.17) is 10.5 Å². The van der Waals surface area contributed by atoms with E-state index in [2.05, 4.69) is 12.6 Å². The first-order chi connectivity index (χ1) is 7.06. The Hall–Kier alpha value is -1.00. The number of esters is 1. The minimum absolute atomic E-state index is 0.250. The Bertz CT molecular complexity index is 325. The third kappa shape index (κ3) is 3.57. The number of carbonyl (C=O) groups excluding carboxylic acids is 1. The summed E-state index contributed by atoms with van der Waals surface area (Å²) in [5.74, 6) is -0.165. The molecule has 0 aliphatic heterocycles. The van der Waals surface area contributed by atoms with Crippen molar-refractivity contribution < 1.29 is 9.53 Å². The maximum Gasteiger partial charge on any atom is 0.327 e. The molecule has 0 aliphatic rings. The van der Waals surface area contributed by atoms with E-state index in [1.165, 1.54) is 0 Å². The molecule has 0 fully saturated rings. The van der Waals surface area contributed by atoms with Gasteiger partial charge in [0.25, 0.3) is 0 Å². The van der Waals surface area contributed by atoms with Gasteiger partial charge in [0, 0.05) is 5.75 Å². The normalized spacial score (nSPS) is 14.3. The molecule has 82 valence electrons. The predicted molar refractivity (Wildman–Crippen MR) is 62.7 cm³/mol. The molecule has 0 spiro atoms. The van der Waals surface area contributed by atoms with E-state index in [-0.39, 0.29) is 12.4 Å². The summed E-state index contributed by atoms with van der Waals surface area (Å²) in [6, 6.07) is 9.47. The first-order valence-electron chi connectivity index (χ1n) is 4.67. The van der Waals surface area contributed by atoms with Crippen molar-refractivity contribution in [2.24, 2.45) is 5.73 Å². The van der Waals surface area contributed by atoms with Crippen molar-refractivity contribution in [1.82, 2.24) is 0 Å². The predicted octanol–water partition coefficient (Wildman–Crippen LogP) is 1.38. The molecule has 0 amide bonds. The topological polar surface area (TPSA) is 52.3 Å². The van der Waals surface area contributed by atoms with Gasteiger partial charge < -0.3 is 10.5 Å². The second-order valence-electron chi connectivity index (χ2n) is 3.64. The van der Waals surface area contributed by atoms with Gasteiger partial charge in [0.1, 0.15) is 12.1 Å². The van der Waals surface area contributed by atoms with Gasteiger partial charge in [0.05, 0.1) is 0 Å². The molecule has 1 aromatic carbocycles. The average Bonchev–Trinajstić information content (AvgIpc) is 2.27. The minimum atomic E-state index is -1.02. The minimum Gasteiger partial charge on any atom is -0.459 e. The molecule has 0 bridgehead atoms. The Kier molecular flexibility index (Phi) is 4.17. The molecule has 0 saturated carbocycles. The van der Waals surface area contributed by atoms with Crippen molar-refractivity contribution in [3.8, 4) is 0 Å². The van der Waals surface area contributed by atoms with Crippen LogP contribution in [0, 0.1) is 0 Å². The first kappa shape index (κ1) is 12.1. The molecule has 1 aromatic rings. The number of ether oxygens (including phenoxy) is 1. The lowest BCUT2D eigenvalue weighted by atomic mass is 10.1. The van der Waals surface area contributed by atoms with Crippen LogP contribution >= 0.6 is 12.6 Å². The fourth-order valence-electron chi connectivity index (χ4n) is 0.953. The number of hydrogen-bond donors (Lipinski definition) is 2. The highest BCUT2D eigenvalue weighted by atomic mass is 32.1. The molecule has 4 heteroatoms. The molecule has 1 atom stereocenters. The van der Waals surface area contributed by atoms with E-state index < -0.39 is 11.5 Å². The van der Waals surface area contributed by atoms with Gasteiger partial charge in [0.15, 0.2) is 0 Å². The Morgan fingerprint density at radius 3 is 2.60 bits per heavy atom. The summed E-state index contributed by atoms with van der Waals surface area (Å²) in [5.41, 5.74) is 5.60. The van der Waals surface area contributed by atoms with E-state index in [1.54, 1.807) is 6.92 Å². The fraction of sp³-hybridized carbons (Fsp3) is 0.364. The lowest BCUT2D eigenvalue weighted by Gasteiger charge is -2.19. The molecule has 0 radical (unpaired) electrons. The molecule has 0 saturated heterocycles. The van der Waals surface area contributed by atoms with Crippen LogP contribution in [0.2, 0.25) is 0 Å². The van der Waals surface area contributed by atoms with Crippen molar-refractivity contribution in [2.75, 3.05) is 5.75 Å². The highest BCUT2D eigenvalue weighted by molar-refractivity contribution is 7.80. The van der Waals surface area contributed by atoms with Crippen molar-refractivity contribution >= 4 is 18.6 Å². The van der Waals surface area contributed by atoms with Gasteiger partial charge in [0.2, 0.25) is 0 Å². The van der Waals surface area contributed by atoms with Gasteiger partial charge in [-0.3, -0.25) is 4.79 Å². The fourth-order valence-corrected chi connectivity index (χ4v) is 1.08. The van der Waals surface area contributed by atoms with Crippen LogP contribution in [-0.4, -0.2) is 17.3 Å². The lowest BCUT2D eigenvalue weighted by Crippen LogP contribution is -2.47. The summed E-state index contributed by atoms with van der Waals surface area (Å²) in [6.45, 7) is 1.85. The molecule has 15 heavy (non-hydrogen) atoms. The summed E-state index contributed by atoms with van der Waals surface area (Å²) < 4.78 is 5.07. The van der Waals surface area contributed by atoms with Gasteiger partial charge in [-0.1, -0.05) is 30.3 Å². The number of thiol groups is 1. The summed E-state index contributed by atoms with van der Waals surface area (Å²) in [6.07, 6.45) is 0. The van der Waals surface area contributed by atoms with Crippen LogP contribution in [0.1, 0.15) is 12.5 Å². The zero-order valence-electron chi connectivity index (χ0n) is 8.64. The zero-order chi connectivity index (χ0) is 11.3. The van der Waals surface area contributed by atoms with E-state index in [1.807, 2.05) is 30.3 Å². The number of benzene rings is 1. The number of hydrogen-bond acceptors (Lipinski definition) is 4. The van der Waals surface area contributed by atoms with Gasteiger partial charge in [-0.05, 0) is 12.5 Å². The van der Waals surface area contributed by atoms with Crippen LogP contribution in [0.25, 0.3) is 0 Å². The summed E-state index contributed by atoms with van der Waals surface area (Å²) in [5, 5.41) is 0. The maximum absolute atomic E-state index is 11.5. The van der Waals surface area contributed by atoms with Crippen molar-refractivity contribution in [2.45, 2.75) is 19.1 Å². The van der Waals surface area contributed by atoms with Crippen LogP contribution < -0.4 is 5.73 Å². The first-order valence-corrected chi connectivity index (χ1v) is 5.30. The second kappa shape index (κ2) is 5.19. The van der Waals surface area contributed by atoms with Crippen LogP contribution in [0.5, 0.6) is 0 Å². The highest BCUT2D eigenvalue weighted by Crippen LogP contribution is 2.07. The van der Waals surface area contributed by atoms with E-state index >= 15 is 0 Å². The lowest BCUT2D eigenvalue weighted by molar-refractivity contribution is -0.149. The highest BCUT2D eigenvalue weighted by Gasteiger charge is 2.28. The summed E-state index contributed by atoms with van der Waals surface area (Å²) in [4.78, 5) is 11.5. The van der Waals surface area contributed by atoms with Crippen LogP contribution in [0.15, 0.2) is 30.3 Å². The largest absolute Gasteiger partial charge is 0.459 e. The average molecular weight is 225 g/mol. The Morgan fingerprint density at radius 1 is 1.47 bits per heavy atom. The summed E-state index contributed by atoms with van der Waals surface area (Å²) >= 11 is 3.99. The van der Waals surface area contributed by atoms with E-state index in [9.17, 15) is 4.79 Å². The standard InChI is InChI=1S/C11H15NO2S/c1-11(12,8-15)10(13)14-7-9-5-3-2-4-6-9/h2-6,15H,7-8,12H2,1H3/t11-/m1/s1.